The van der Waals surface area contributed by atoms with Crippen LogP contribution in [0, 0.1) is 11.7 Å². The summed E-state index contributed by atoms with van der Waals surface area (Å²) in [5.74, 6) is 0.457. The van der Waals surface area contributed by atoms with Gasteiger partial charge in [0.2, 0.25) is 0 Å². The highest BCUT2D eigenvalue weighted by Crippen LogP contribution is 2.29. The zero-order valence-electron chi connectivity index (χ0n) is 20.0. The zero-order chi connectivity index (χ0) is 23.9. The van der Waals surface area contributed by atoms with Gasteiger partial charge in [-0.2, -0.15) is 0 Å². The Kier molecular flexibility index (Phi) is 8.33. The number of rotatable bonds is 7. The Morgan fingerprint density at radius 2 is 1.62 bits per heavy atom. The van der Waals surface area contributed by atoms with Gasteiger partial charge in [-0.25, -0.2) is 9.18 Å². The van der Waals surface area contributed by atoms with Crippen molar-refractivity contribution in [1.82, 2.24) is 10.6 Å². The summed E-state index contributed by atoms with van der Waals surface area (Å²) in [6, 6.07) is 14.6. The molecule has 182 valence electrons. The highest BCUT2D eigenvalue weighted by atomic mass is 19.1. The molecule has 2 aromatic carbocycles. The van der Waals surface area contributed by atoms with Crippen LogP contribution in [-0.2, 0) is 6.42 Å². The van der Waals surface area contributed by atoms with Crippen LogP contribution in [0.1, 0.15) is 74.2 Å². The van der Waals surface area contributed by atoms with Crippen molar-refractivity contribution >= 4 is 17.5 Å². The number of hydrogen-bond acceptors (Lipinski definition) is 3. The molecule has 0 spiro atoms. The summed E-state index contributed by atoms with van der Waals surface area (Å²) in [7, 11) is 0. The number of Topliss-reactive ketones (excluding diaryl/α,β-unsaturated/α-hetero) is 1. The molecule has 34 heavy (non-hydrogen) atoms. The van der Waals surface area contributed by atoms with Crippen LogP contribution in [0.5, 0.6) is 0 Å². The van der Waals surface area contributed by atoms with E-state index in [4.69, 9.17) is 0 Å². The molecule has 2 atom stereocenters. The molecule has 0 aromatic heterocycles. The monoisotopic (exact) mass is 465 g/mol. The van der Waals surface area contributed by atoms with Gasteiger partial charge < -0.3 is 16.0 Å². The summed E-state index contributed by atoms with van der Waals surface area (Å²) in [5.41, 5.74) is 2.43. The van der Waals surface area contributed by atoms with Gasteiger partial charge in [0.25, 0.3) is 0 Å². The summed E-state index contributed by atoms with van der Waals surface area (Å²) in [5, 5.41) is 9.92. The summed E-state index contributed by atoms with van der Waals surface area (Å²) in [6.45, 7) is 1.52. The van der Waals surface area contributed by atoms with E-state index in [0.717, 1.165) is 38.5 Å². The number of nitrogens with one attached hydrogen (secondary N) is 3. The first-order valence-corrected chi connectivity index (χ1v) is 12.7. The van der Waals surface area contributed by atoms with Crippen molar-refractivity contribution in [3.8, 4) is 0 Å². The quantitative estimate of drug-likeness (QED) is 0.449. The molecule has 4 rings (SSSR count). The van der Waals surface area contributed by atoms with Crippen LogP contribution in [0.4, 0.5) is 14.9 Å². The molecule has 0 aliphatic heterocycles. The molecule has 5 nitrogen and oxygen atoms in total. The van der Waals surface area contributed by atoms with E-state index in [1.54, 1.807) is 36.4 Å². The van der Waals surface area contributed by atoms with Gasteiger partial charge in [-0.1, -0.05) is 37.1 Å². The minimum Gasteiger partial charge on any atom is -0.334 e. The van der Waals surface area contributed by atoms with E-state index >= 15 is 0 Å². The van der Waals surface area contributed by atoms with Gasteiger partial charge in [0.15, 0.2) is 5.78 Å². The summed E-state index contributed by atoms with van der Waals surface area (Å²) >= 11 is 0. The van der Waals surface area contributed by atoms with Gasteiger partial charge in [-0.05, 0) is 87.6 Å². The van der Waals surface area contributed by atoms with Crippen molar-refractivity contribution in [3.63, 3.8) is 0 Å². The lowest BCUT2D eigenvalue weighted by atomic mass is 9.81. The molecule has 0 saturated heterocycles. The smallest absolute Gasteiger partial charge is 0.319 e. The summed E-state index contributed by atoms with van der Waals surface area (Å²) in [4.78, 5) is 24.3. The molecule has 2 saturated carbocycles. The van der Waals surface area contributed by atoms with Crippen LogP contribution < -0.4 is 16.0 Å². The molecule has 0 radical (unpaired) electrons. The second-order valence-electron chi connectivity index (χ2n) is 9.95. The lowest BCUT2D eigenvalue weighted by molar-refractivity contribution is 0.101. The zero-order valence-corrected chi connectivity index (χ0v) is 20.0. The van der Waals surface area contributed by atoms with Crippen molar-refractivity contribution in [2.24, 2.45) is 5.92 Å². The van der Waals surface area contributed by atoms with Gasteiger partial charge in [-0.15, -0.1) is 0 Å². The van der Waals surface area contributed by atoms with Gasteiger partial charge in [0.05, 0.1) is 0 Å². The molecule has 2 aliphatic rings. The van der Waals surface area contributed by atoms with Crippen molar-refractivity contribution in [2.45, 2.75) is 82.8 Å². The van der Waals surface area contributed by atoms with E-state index in [9.17, 15) is 14.0 Å². The Labute approximate surface area is 201 Å². The number of amides is 2. The SMILES string of the molecule is CC(=O)c1cccc(NC(=O)N[C@H]2CCCC[C@@H]2NC2CCC(Cc3ccc(F)cc3)CC2)c1. The van der Waals surface area contributed by atoms with E-state index < -0.39 is 0 Å². The van der Waals surface area contributed by atoms with E-state index in [0.29, 0.717) is 23.2 Å². The molecule has 2 aliphatic carbocycles. The molecule has 2 amide bonds. The van der Waals surface area contributed by atoms with Crippen LogP contribution >= 0.6 is 0 Å². The maximum atomic E-state index is 13.2. The summed E-state index contributed by atoms with van der Waals surface area (Å²) in [6.07, 6.45) is 9.98. The Hall–Kier alpha value is -2.73. The van der Waals surface area contributed by atoms with Crippen molar-refractivity contribution in [3.05, 3.63) is 65.5 Å². The third kappa shape index (κ3) is 6.89. The van der Waals surface area contributed by atoms with Crippen LogP contribution in [0.25, 0.3) is 0 Å². The van der Waals surface area contributed by atoms with Crippen LogP contribution in [0.2, 0.25) is 0 Å². The molecular weight excluding hydrogens is 429 g/mol. The molecule has 2 fully saturated rings. The minimum atomic E-state index is -0.220. The second kappa shape index (κ2) is 11.6. The van der Waals surface area contributed by atoms with Crippen LogP contribution in [0.3, 0.4) is 0 Å². The van der Waals surface area contributed by atoms with Gasteiger partial charge in [0.1, 0.15) is 5.82 Å². The number of benzene rings is 2. The maximum absolute atomic E-state index is 13.2. The molecular formula is C28H36FN3O2. The first-order valence-electron chi connectivity index (χ1n) is 12.7. The topological polar surface area (TPSA) is 70.2 Å². The van der Waals surface area contributed by atoms with Gasteiger partial charge in [0, 0.05) is 29.4 Å². The largest absolute Gasteiger partial charge is 0.334 e. The first kappa shape index (κ1) is 24.4. The fraction of sp³-hybridized carbons (Fsp3) is 0.500. The predicted octanol–water partition coefficient (Wildman–Crippen LogP) is 5.85. The fourth-order valence-corrected chi connectivity index (χ4v) is 5.44. The highest BCUT2D eigenvalue weighted by Gasteiger charge is 2.30. The van der Waals surface area contributed by atoms with E-state index in [-0.39, 0.29) is 29.7 Å². The normalized spacial score (nSPS) is 24.9. The number of urea groups is 1. The Morgan fingerprint density at radius 3 is 2.32 bits per heavy atom. The van der Waals surface area contributed by atoms with Crippen molar-refractivity contribution < 1.29 is 14.0 Å². The number of carbonyl (C=O) groups excluding carboxylic acids is 2. The number of carbonyl (C=O) groups is 2. The average Bonchev–Trinajstić information content (AvgIpc) is 2.83. The number of ketones is 1. The van der Waals surface area contributed by atoms with Gasteiger partial charge in [-0.3, -0.25) is 4.79 Å². The van der Waals surface area contributed by atoms with Gasteiger partial charge >= 0.3 is 6.03 Å². The highest BCUT2D eigenvalue weighted by molar-refractivity contribution is 5.96. The molecule has 0 heterocycles. The predicted molar refractivity (Wildman–Crippen MR) is 134 cm³/mol. The number of hydrogen-bond donors (Lipinski definition) is 3. The lowest BCUT2D eigenvalue weighted by Crippen LogP contribution is -2.55. The fourth-order valence-electron chi connectivity index (χ4n) is 5.44. The Balaban J connectivity index is 1.25. The lowest BCUT2D eigenvalue weighted by Gasteiger charge is -2.38. The third-order valence-electron chi connectivity index (χ3n) is 7.34. The van der Waals surface area contributed by atoms with Crippen LogP contribution in [-0.4, -0.2) is 29.9 Å². The summed E-state index contributed by atoms with van der Waals surface area (Å²) < 4.78 is 13.2. The minimum absolute atomic E-state index is 0.0204. The van der Waals surface area contributed by atoms with Crippen LogP contribution in [0.15, 0.2) is 48.5 Å². The molecule has 0 bridgehead atoms. The number of halogens is 1. The van der Waals surface area contributed by atoms with E-state index in [1.165, 1.54) is 31.7 Å². The Morgan fingerprint density at radius 1 is 0.912 bits per heavy atom. The van der Waals surface area contributed by atoms with E-state index in [1.807, 2.05) is 12.1 Å². The standard InChI is InChI=1S/C28H36FN3O2/c1-19(33)22-5-4-6-25(18-22)31-28(34)32-27-8-3-2-7-26(27)30-24-15-11-21(12-16-24)17-20-9-13-23(29)14-10-20/h4-6,9-10,13-14,18,21,24,26-27,30H,2-3,7-8,11-12,15-17H2,1H3,(H2,31,32,34)/t21?,24?,26-,27-/m0/s1. The molecule has 3 N–H and O–H groups in total. The van der Waals surface area contributed by atoms with E-state index in [2.05, 4.69) is 16.0 Å². The van der Waals surface area contributed by atoms with Crippen molar-refractivity contribution in [1.29, 1.82) is 0 Å². The molecule has 2 aromatic rings. The average molecular weight is 466 g/mol. The molecule has 6 heteroatoms. The Bertz CT molecular complexity index is 970. The maximum Gasteiger partial charge on any atom is 0.319 e. The third-order valence-corrected chi connectivity index (χ3v) is 7.34. The number of anilines is 1. The molecule has 0 unspecified atom stereocenters. The van der Waals surface area contributed by atoms with Crippen molar-refractivity contribution in [2.75, 3.05) is 5.32 Å². The second-order valence-corrected chi connectivity index (χ2v) is 9.95. The first-order chi connectivity index (χ1) is 16.5.